The normalized spacial score (nSPS) is 12.6. The zero-order valence-electron chi connectivity index (χ0n) is 19.1. The van der Waals surface area contributed by atoms with Crippen molar-refractivity contribution in [3.8, 4) is 28.4 Å². The van der Waals surface area contributed by atoms with Crippen molar-refractivity contribution in [2.75, 3.05) is 11.3 Å². The number of rotatable bonds is 9. The predicted octanol–water partition coefficient (Wildman–Crippen LogP) is 5.23. The fourth-order valence-corrected chi connectivity index (χ4v) is 4.68. The smallest absolute Gasteiger partial charge is 0.505 e. The summed E-state index contributed by atoms with van der Waals surface area (Å²) >= 11 is 5.76. The molecule has 0 radical (unpaired) electrons. The number of carbonyl (C=O) groups excluding carboxylic acids is 1. The van der Waals surface area contributed by atoms with Crippen molar-refractivity contribution in [2.45, 2.75) is 24.3 Å². The van der Waals surface area contributed by atoms with Crippen molar-refractivity contribution in [2.24, 2.45) is 5.73 Å². The number of phenolic OH excluding ortho intramolecular Hbond substituents is 1. The van der Waals surface area contributed by atoms with Gasteiger partial charge in [0, 0.05) is 29.3 Å². The van der Waals surface area contributed by atoms with Crippen LogP contribution in [-0.4, -0.2) is 38.8 Å². The van der Waals surface area contributed by atoms with Crippen LogP contribution in [0, 0.1) is 11.6 Å². The molecule has 0 bridgehead atoms. The summed E-state index contributed by atoms with van der Waals surface area (Å²) in [4.78, 5) is 10.2. The van der Waals surface area contributed by atoms with Crippen molar-refractivity contribution in [3.63, 3.8) is 0 Å². The number of hydrogen-bond donors (Lipinski definition) is 3. The first-order chi connectivity index (χ1) is 17.6. The topological polar surface area (TPSA) is 128 Å². The van der Waals surface area contributed by atoms with Gasteiger partial charge in [-0.05, 0) is 43.3 Å². The Kier molecular flexibility index (Phi) is 8.39. The molecule has 0 aromatic heterocycles. The highest BCUT2D eigenvalue weighted by Gasteiger charge is 2.32. The molecule has 15 heteroatoms. The molecular formula is C23H18ClF5N2O6S. The van der Waals surface area contributed by atoms with E-state index in [0.29, 0.717) is 6.07 Å². The van der Waals surface area contributed by atoms with E-state index in [1.807, 2.05) is 4.72 Å². The van der Waals surface area contributed by atoms with Gasteiger partial charge in [-0.25, -0.2) is 17.2 Å². The lowest BCUT2D eigenvalue weighted by Gasteiger charge is -2.19. The number of nitrogens with one attached hydrogen (secondary N) is 1. The van der Waals surface area contributed by atoms with E-state index >= 15 is 0 Å². The van der Waals surface area contributed by atoms with Crippen LogP contribution in [0.25, 0.3) is 11.1 Å². The number of benzene rings is 3. The van der Waals surface area contributed by atoms with Crippen LogP contribution in [0.5, 0.6) is 17.2 Å². The summed E-state index contributed by atoms with van der Waals surface area (Å²) < 4.78 is 105. The molecule has 0 aliphatic carbocycles. The van der Waals surface area contributed by atoms with Gasteiger partial charge in [0.2, 0.25) is 0 Å². The van der Waals surface area contributed by atoms with E-state index in [1.54, 1.807) is 0 Å². The molecule has 38 heavy (non-hydrogen) atoms. The molecule has 0 unspecified atom stereocenters. The Morgan fingerprint density at radius 3 is 2.39 bits per heavy atom. The van der Waals surface area contributed by atoms with Gasteiger partial charge in [0.15, 0.2) is 5.75 Å². The average molecular weight is 581 g/mol. The highest BCUT2D eigenvalue weighted by atomic mass is 35.5. The van der Waals surface area contributed by atoms with Crippen LogP contribution >= 0.6 is 11.6 Å². The Morgan fingerprint density at radius 2 is 1.79 bits per heavy atom. The summed E-state index contributed by atoms with van der Waals surface area (Å²) in [5.74, 6) is -4.58. The molecule has 1 atom stereocenters. The molecule has 3 rings (SSSR count). The van der Waals surface area contributed by atoms with E-state index in [1.165, 1.54) is 6.92 Å². The number of phenols is 1. The van der Waals surface area contributed by atoms with Crippen LogP contribution in [0.15, 0.2) is 47.4 Å². The summed E-state index contributed by atoms with van der Waals surface area (Å²) in [5, 5.41) is 9.60. The molecule has 0 amide bonds. The van der Waals surface area contributed by atoms with Gasteiger partial charge in [-0.2, -0.15) is 0 Å². The lowest BCUT2D eigenvalue weighted by Crippen LogP contribution is -2.23. The predicted molar refractivity (Wildman–Crippen MR) is 127 cm³/mol. The molecule has 0 aliphatic heterocycles. The summed E-state index contributed by atoms with van der Waals surface area (Å²) in [6.45, 7) is 1.50. The molecule has 0 spiro atoms. The number of aldehydes is 1. The van der Waals surface area contributed by atoms with Crippen LogP contribution in [0.3, 0.4) is 0 Å². The molecule has 3 aromatic carbocycles. The molecule has 0 heterocycles. The van der Waals surface area contributed by atoms with Gasteiger partial charge >= 0.3 is 6.36 Å². The summed E-state index contributed by atoms with van der Waals surface area (Å²) in [6, 6.07) is 5.40. The first kappa shape index (κ1) is 28.9. The number of nitrogens with two attached hydrogens (primary N) is 1. The number of aromatic hydroxyl groups is 1. The fourth-order valence-electron chi connectivity index (χ4n) is 3.18. The van der Waals surface area contributed by atoms with E-state index in [4.69, 9.17) is 22.1 Å². The highest BCUT2D eigenvalue weighted by molar-refractivity contribution is 7.92. The van der Waals surface area contributed by atoms with Crippen LogP contribution in [-0.2, 0) is 10.0 Å². The molecule has 0 saturated heterocycles. The SMILES string of the molecule is C[C@@H](CN)Oc1ccc(OC(F)(F)F)cc1-c1cc(NS(=O)(=O)c2cc(C=O)cc(Cl)c2O)c(F)cc1F. The average Bonchev–Trinajstić information content (AvgIpc) is 2.82. The Balaban J connectivity index is 2.16. The molecule has 204 valence electrons. The summed E-state index contributed by atoms with van der Waals surface area (Å²) in [6.07, 6.45) is -5.52. The number of ether oxygens (including phenoxy) is 2. The van der Waals surface area contributed by atoms with Gasteiger partial charge in [0.05, 0.1) is 10.7 Å². The second kappa shape index (κ2) is 11.0. The largest absolute Gasteiger partial charge is 0.573 e. The van der Waals surface area contributed by atoms with E-state index in [-0.39, 0.29) is 35.8 Å². The Hall–Kier alpha value is -3.62. The Bertz CT molecular complexity index is 1480. The van der Waals surface area contributed by atoms with Gasteiger partial charge in [-0.15, -0.1) is 13.2 Å². The quantitative estimate of drug-likeness (QED) is 0.234. The Labute approximate surface area is 217 Å². The molecule has 4 N–H and O–H groups in total. The summed E-state index contributed by atoms with van der Waals surface area (Å²) in [7, 11) is -4.83. The first-order valence-electron chi connectivity index (χ1n) is 10.4. The number of anilines is 1. The third-order valence-electron chi connectivity index (χ3n) is 4.91. The number of carbonyl (C=O) groups is 1. The lowest BCUT2D eigenvalue weighted by atomic mass is 10.0. The molecule has 8 nitrogen and oxygen atoms in total. The lowest BCUT2D eigenvalue weighted by molar-refractivity contribution is -0.274. The van der Waals surface area contributed by atoms with Crippen molar-refractivity contribution in [1.29, 1.82) is 0 Å². The number of halogens is 6. The van der Waals surface area contributed by atoms with Crippen LogP contribution in [0.1, 0.15) is 17.3 Å². The van der Waals surface area contributed by atoms with E-state index in [9.17, 15) is 40.3 Å². The van der Waals surface area contributed by atoms with Crippen LogP contribution in [0.2, 0.25) is 5.02 Å². The number of sulfonamides is 1. The maximum Gasteiger partial charge on any atom is 0.573 e. The third-order valence-corrected chi connectivity index (χ3v) is 6.58. The zero-order chi connectivity index (χ0) is 28.4. The Morgan fingerprint density at radius 1 is 1.11 bits per heavy atom. The minimum atomic E-state index is -5.09. The van der Waals surface area contributed by atoms with Gasteiger partial charge in [0.25, 0.3) is 10.0 Å². The fraction of sp³-hybridized carbons (Fsp3) is 0.174. The van der Waals surface area contributed by atoms with Crippen molar-refractivity contribution >= 4 is 33.6 Å². The van der Waals surface area contributed by atoms with Crippen molar-refractivity contribution in [1.82, 2.24) is 0 Å². The van der Waals surface area contributed by atoms with Gasteiger partial charge in [0.1, 0.15) is 40.4 Å². The monoisotopic (exact) mass is 580 g/mol. The molecular weight excluding hydrogens is 563 g/mol. The van der Waals surface area contributed by atoms with Crippen LogP contribution < -0.4 is 19.9 Å². The van der Waals surface area contributed by atoms with E-state index in [0.717, 1.165) is 30.3 Å². The van der Waals surface area contributed by atoms with Gasteiger partial charge in [-0.3, -0.25) is 9.52 Å². The van der Waals surface area contributed by atoms with Crippen molar-refractivity contribution in [3.05, 3.63) is 64.7 Å². The maximum atomic E-state index is 14.9. The number of alkyl halides is 3. The van der Waals surface area contributed by atoms with Crippen molar-refractivity contribution < 1.29 is 49.7 Å². The van der Waals surface area contributed by atoms with E-state index in [2.05, 4.69) is 4.74 Å². The van der Waals surface area contributed by atoms with Gasteiger partial charge in [-0.1, -0.05) is 11.6 Å². The second-order valence-electron chi connectivity index (χ2n) is 7.75. The van der Waals surface area contributed by atoms with Crippen LogP contribution in [0.4, 0.5) is 27.6 Å². The highest BCUT2D eigenvalue weighted by Crippen LogP contribution is 2.40. The molecule has 3 aromatic rings. The zero-order valence-corrected chi connectivity index (χ0v) is 20.7. The summed E-state index contributed by atoms with van der Waals surface area (Å²) in [5.41, 5.74) is 3.51. The minimum absolute atomic E-state index is 0.0247. The first-order valence-corrected chi connectivity index (χ1v) is 12.3. The third kappa shape index (κ3) is 6.62. The molecule has 0 fully saturated rings. The van der Waals surface area contributed by atoms with Gasteiger partial charge < -0.3 is 20.3 Å². The molecule has 0 aliphatic rings. The minimum Gasteiger partial charge on any atom is -0.505 e. The van der Waals surface area contributed by atoms with E-state index < -0.39 is 66.8 Å². The second-order valence-corrected chi connectivity index (χ2v) is 9.81. The standard InChI is InChI=1S/C23H18ClF5N2O6S/c1-11(9-30)36-20-3-2-13(37-23(27,28)29)6-15(20)14-7-19(18(26)8-17(14)25)31-38(34,35)21-5-12(10-32)4-16(24)22(21)33/h2-8,10-11,31,33H,9,30H2,1H3/t11-/m0/s1. The maximum absolute atomic E-state index is 14.9. The molecule has 0 saturated carbocycles. The number of hydrogen-bond acceptors (Lipinski definition) is 7.